The molecule has 5 N–H and O–H groups in total. The number of hydrogen-bond donors (Lipinski definition) is 3. The zero-order chi connectivity index (χ0) is 20.1. The number of benzene rings is 1. The maximum atomic E-state index is 11.4. The van der Waals surface area contributed by atoms with E-state index in [0.29, 0.717) is 12.5 Å². The minimum absolute atomic E-state index is 0. The molecule has 8 heteroatoms. The summed E-state index contributed by atoms with van der Waals surface area (Å²) >= 11 is 0. The first-order chi connectivity index (χ1) is 13.4. The van der Waals surface area contributed by atoms with E-state index in [1.807, 2.05) is 24.3 Å². The summed E-state index contributed by atoms with van der Waals surface area (Å²) in [6.07, 6.45) is 3.29. The van der Waals surface area contributed by atoms with E-state index < -0.39 is 0 Å². The molecule has 1 aliphatic heterocycles. The Morgan fingerprint density at radius 2 is 1.86 bits per heavy atom. The zero-order valence-electron chi connectivity index (χ0n) is 16.9. The van der Waals surface area contributed by atoms with E-state index in [1.54, 1.807) is 6.20 Å². The van der Waals surface area contributed by atoms with Crippen LogP contribution in [0.15, 0.2) is 41.5 Å². The first kappa shape index (κ1) is 22.9. The average molecular weight is 508 g/mol. The summed E-state index contributed by atoms with van der Waals surface area (Å²) in [6, 6.07) is 10.1. The summed E-state index contributed by atoms with van der Waals surface area (Å²) in [5.41, 5.74) is 15.8. The fourth-order valence-electron chi connectivity index (χ4n) is 3.62. The summed E-state index contributed by atoms with van der Waals surface area (Å²) in [5, 5.41) is 3.15. The molecule has 0 aliphatic carbocycles. The van der Waals surface area contributed by atoms with Crippen LogP contribution in [0.5, 0.6) is 0 Å². The Balaban J connectivity index is 0.00000300. The van der Waals surface area contributed by atoms with Gasteiger partial charge in [0.05, 0.1) is 6.54 Å². The third-order valence-corrected chi connectivity index (χ3v) is 4.98. The first-order valence-electron chi connectivity index (χ1n) is 9.56. The Hall–Kier alpha value is -2.36. The average Bonchev–Trinajstić information content (AvgIpc) is 2.66. The van der Waals surface area contributed by atoms with Crippen molar-refractivity contribution in [1.29, 1.82) is 0 Å². The number of piperidine rings is 1. The number of halogens is 1. The molecule has 0 radical (unpaired) electrons. The second kappa shape index (κ2) is 10.4. The molecule has 0 saturated carbocycles. The number of hydrogen-bond acceptors (Lipinski definition) is 4. The Labute approximate surface area is 189 Å². The molecule has 1 aliphatic rings. The summed E-state index contributed by atoms with van der Waals surface area (Å²) in [4.78, 5) is 22.6. The predicted octanol–water partition coefficient (Wildman–Crippen LogP) is 2.94. The zero-order valence-corrected chi connectivity index (χ0v) is 19.2. The standard InChI is InChI=1S/C21H28N6O.HI/c1-14-10-15(2)12-18(11-14)26-21(23)25-13-17-4-3-7-24-20(17)27-8-5-16(6-9-27)19(22)28;/h3-4,7,10-12,16H,5-6,8-9,13H2,1-2H3,(H2,22,28)(H3,23,25,26);1H. The van der Waals surface area contributed by atoms with Crippen LogP contribution in [-0.4, -0.2) is 29.9 Å². The monoisotopic (exact) mass is 508 g/mol. The molecule has 0 atom stereocenters. The number of rotatable bonds is 5. The Morgan fingerprint density at radius 1 is 1.21 bits per heavy atom. The van der Waals surface area contributed by atoms with Gasteiger partial charge in [0.15, 0.2) is 5.96 Å². The number of pyridine rings is 1. The number of amides is 1. The van der Waals surface area contributed by atoms with Crippen molar-refractivity contribution < 1.29 is 4.79 Å². The molecular formula is C21H29IN6O. The van der Waals surface area contributed by atoms with Crippen LogP contribution in [0, 0.1) is 19.8 Å². The molecule has 1 aromatic heterocycles. The second-order valence-corrected chi connectivity index (χ2v) is 7.35. The number of carbonyl (C=O) groups is 1. The van der Waals surface area contributed by atoms with Crippen molar-refractivity contribution in [2.75, 3.05) is 23.3 Å². The Kier molecular flexibility index (Phi) is 8.24. The van der Waals surface area contributed by atoms with Crippen molar-refractivity contribution in [2.24, 2.45) is 22.4 Å². The van der Waals surface area contributed by atoms with E-state index in [-0.39, 0.29) is 35.8 Å². The SMILES string of the molecule is Cc1cc(C)cc(NC(N)=NCc2cccnc2N2CCC(C(N)=O)CC2)c1.I. The van der Waals surface area contributed by atoms with Gasteiger partial charge in [0.25, 0.3) is 0 Å². The highest BCUT2D eigenvalue weighted by Gasteiger charge is 2.24. The third-order valence-electron chi connectivity index (χ3n) is 4.98. The lowest BCUT2D eigenvalue weighted by Crippen LogP contribution is -2.39. The van der Waals surface area contributed by atoms with Crippen LogP contribution in [0.25, 0.3) is 0 Å². The maximum absolute atomic E-state index is 11.4. The van der Waals surface area contributed by atoms with Gasteiger partial charge in [0.1, 0.15) is 5.82 Å². The number of nitrogens with two attached hydrogens (primary N) is 2. The highest BCUT2D eigenvalue weighted by molar-refractivity contribution is 14.0. The first-order valence-corrected chi connectivity index (χ1v) is 9.56. The quantitative estimate of drug-likeness (QED) is 0.327. The summed E-state index contributed by atoms with van der Waals surface area (Å²) in [7, 11) is 0. The molecule has 1 aromatic carbocycles. The van der Waals surface area contributed by atoms with Crippen molar-refractivity contribution in [3.63, 3.8) is 0 Å². The molecule has 0 bridgehead atoms. The number of aromatic nitrogens is 1. The van der Waals surface area contributed by atoms with E-state index in [0.717, 1.165) is 43.0 Å². The van der Waals surface area contributed by atoms with Gasteiger partial charge in [-0.25, -0.2) is 9.98 Å². The molecule has 1 saturated heterocycles. The lowest BCUT2D eigenvalue weighted by molar-refractivity contribution is -0.122. The minimum atomic E-state index is -0.212. The van der Waals surface area contributed by atoms with Crippen LogP contribution in [0.3, 0.4) is 0 Å². The molecule has 1 fully saturated rings. The molecule has 2 aromatic rings. The Bertz CT molecular complexity index is 857. The number of anilines is 2. The largest absolute Gasteiger partial charge is 0.370 e. The molecule has 156 valence electrons. The van der Waals surface area contributed by atoms with Gasteiger partial charge < -0.3 is 21.7 Å². The molecular weight excluding hydrogens is 479 g/mol. The van der Waals surface area contributed by atoms with Gasteiger partial charge in [-0.3, -0.25) is 4.79 Å². The molecule has 0 spiro atoms. The van der Waals surface area contributed by atoms with E-state index in [9.17, 15) is 4.79 Å². The van der Waals surface area contributed by atoms with Crippen molar-refractivity contribution in [3.8, 4) is 0 Å². The minimum Gasteiger partial charge on any atom is -0.370 e. The molecule has 3 rings (SSSR count). The van der Waals surface area contributed by atoms with E-state index in [1.165, 1.54) is 11.1 Å². The summed E-state index contributed by atoms with van der Waals surface area (Å²) in [6.45, 7) is 6.06. The van der Waals surface area contributed by atoms with Crippen LogP contribution in [-0.2, 0) is 11.3 Å². The van der Waals surface area contributed by atoms with Crippen LogP contribution in [0.4, 0.5) is 11.5 Å². The van der Waals surface area contributed by atoms with Crippen LogP contribution in [0.2, 0.25) is 0 Å². The number of nitrogens with zero attached hydrogens (tertiary/aromatic N) is 3. The molecule has 0 unspecified atom stereocenters. The lowest BCUT2D eigenvalue weighted by atomic mass is 9.96. The molecule has 2 heterocycles. The number of guanidine groups is 1. The van der Waals surface area contributed by atoms with Crippen molar-refractivity contribution >= 4 is 47.3 Å². The summed E-state index contributed by atoms with van der Waals surface area (Å²) in [5.74, 6) is 1.01. The van der Waals surface area contributed by atoms with Crippen LogP contribution >= 0.6 is 24.0 Å². The van der Waals surface area contributed by atoms with E-state index >= 15 is 0 Å². The normalized spacial score (nSPS) is 15.0. The van der Waals surface area contributed by atoms with Gasteiger partial charge in [0.2, 0.25) is 5.91 Å². The van der Waals surface area contributed by atoms with Crippen LogP contribution < -0.4 is 21.7 Å². The van der Waals surface area contributed by atoms with Gasteiger partial charge in [-0.05, 0) is 56.0 Å². The smallest absolute Gasteiger partial charge is 0.220 e. The van der Waals surface area contributed by atoms with Crippen molar-refractivity contribution in [2.45, 2.75) is 33.2 Å². The fourth-order valence-corrected chi connectivity index (χ4v) is 3.62. The van der Waals surface area contributed by atoms with Gasteiger partial charge in [-0.1, -0.05) is 12.1 Å². The fraction of sp³-hybridized carbons (Fsp3) is 0.381. The number of aliphatic imine (C=N–C) groups is 1. The van der Waals surface area contributed by atoms with E-state index in [2.05, 4.69) is 40.1 Å². The lowest BCUT2D eigenvalue weighted by Gasteiger charge is -2.32. The Morgan fingerprint density at radius 3 is 2.48 bits per heavy atom. The topological polar surface area (TPSA) is 110 Å². The molecule has 7 nitrogen and oxygen atoms in total. The van der Waals surface area contributed by atoms with E-state index in [4.69, 9.17) is 11.5 Å². The predicted molar refractivity (Wildman–Crippen MR) is 129 cm³/mol. The van der Waals surface area contributed by atoms with Crippen molar-refractivity contribution in [3.05, 3.63) is 53.2 Å². The van der Waals surface area contributed by atoms with Gasteiger partial charge in [-0.2, -0.15) is 0 Å². The third kappa shape index (κ3) is 6.31. The summed E-state index contributed by atoms with van der Waals surface area (Å²) < 4.78 is 0. The highest BCUT2D eigenvalue weighted by Crippen LogP contribution is 2.25. The van der Waals surface area contributed by atoms with Gasteiger partial charge >= 0.3 is 0 Å². The number of carbonyl (C=O) groups excluding carboxylic acids is 1. The number of primary amides is 1. The maximum Gasteiger partial charge on any atom is 0.220 e. The number of aryl methyl sites for hydroxylation is 2. The molecule has 1 amide bonds. The molecule has 29 heavy (non-hydrogen) atoms. The number of nitrogens with one attached hydrogen (secondary N) is 1. The van der Waals surface area contributed by atoms with Crippen molar-refractivity contribution in [1.82, 2.24) is 4.98 Å². The highest BCUT2D eigenvalue weighted by atomic mass is 127. The van der Waals surface area contributed by atoms with Gasteiger partial charge in [-0.15, -0.1) is 24.0 Å². The second-order valence-electron chi connectivity index (χ2n) is 7.35. The van der Waals surface area contributed by atoms with Gasteiger partial charge in [0, 0.05) is 36.5 Å². The van der Waals surface area contributed by atoms with Crippen LogP contribution in [0.1, 0.15) is 29.5 Å².